The van der Waals surface area contributed by atoms with Crippen LogP contribution < -0.4 is 10.6 Å². The Bertz CT molecular complexity index is 799. The molecule has 1 saturated carbocycles. The van der Waals surface area contributed by atoms with Gasteiger partial charge in [-0.15, -0.1) is 34.2 Å². The molecule has 2 aromatic heterocycles. The number of aryl methyl sites for hydroxylation is 1. The maximum absolute atomic E-state index is 5.36. The van der Waals surface area contributed by atoms with Crippen molar-refractivity contribution in [1.82, 2.24) is 30.6 Å². The Kier molecular flexibility index (Phi) is 10.4. The van der Waals surface area contributed by atoms with E-state index in [9.17, 15) is 0 Å². The van der Waals surface area contributed by atoms with Crippen LogP contribution in [0, 0.1) is 0 Å². The van der Waals surface area contributed by atoms with E-state index < -0.39 is 0 Å². The van der Waals surface area contributed by atoms with Gasteiger partial charge in [0.2, 0.25) is 0 Å². The van der Waals surface area contributed by atoms with Crippen LogP contribution >= 0.6 is 35.7 Å². The SMILES string of the molecule is CN=C(NCCCc1nnc(SC)n1C1CCCC1)NCc1cc(C(C)C)no1.I. The summed E-state index contributed by atoms with van der Waals surface area (Å²) in [4.78, 5) is 4.28. The average Bonchev–Trinajstić information content (AvgIpc) is 3.47. The van der Waals surface area contributed by atoms with Crippen molar-refractivity contribution in [3.8, 4) is 0 Å². The minimum absolute atomic E-state index is 0. The van der Waals surface area contributed by atoms with Crippen molar-refractivity contribution in [2.24, 2.45) is 4.99 Å². The molecule has 0 amide bonds. The van der Waals surface area contributed by atoms with E-state index in [1.54, 1.807) is 18.8 Å². The number of hydrogen-bond donors (Lipinski definition) is 2. The molecule has 30 heavy (non-hydrogen) atoms. The quantitative estimate of drug-likeness (QED) is 0.160. The largest absolute Gasteiger partial charge is 0.359 e. The molecule has 168 valence electrons. The number of guanidine groups is 1. The van der Waals surface area contributed by atoms with Gasteiger partial charge < -0.3 is 19.7 Å². The smallest absolute Gasteiger partial charge is 0.191 e. The van der Waals surface area contributed by atoms with Crippen molar-refractivity contribution in [3.63, 3.8) is 0 Å². The molecule has 8 nitrogen and oxygen atoms in total. The number of halogens is 1. The van der Waals surface area contributed by atoms with Crippen LogP contribution in [0.5, 0.6) is 0 Å². The summed E-state index contributed by atoms with van der Waals surface area (Å²) in [6, 6.07) is 2.56. The first-order valence-electron chi connectivity index (χ1n) is 10.5. The molecule has 10 heteroatoms. The number of aromatic nitrogens is 4. The summed E-state index contributed by atoms with van der Waals surface area (Å²) in [6.07, 6.45) is 9.07. The number of thioether (sulfide) groups is 1. The van der Waals surface area contributed by atoms with Gasteiger partial charge in [0, 0.05) is 32.1 Å². The Hall–Kier alpha value is -1.30. The van der Waals surface area contributed by atoms with Gasteiger partial charge in [-0.05, 0) is 31.4 Å². The summed E-state index contributed by atoms with van der Waals surface area (Å²) in [5.41, 5.74) is 0.973. The fourth-order valence-electron chi connectivity index (χ4n) is 3.68. The molecule has 0 spiro atoms. The Morgan fingerprint density at radius 3 is 2.70 bits per heavy atom. The zero-order chi connectivity index (χ0) is 20.6. The Morgan fingerprint density at radius 1 is 1.30 bits per heavy atom. The summed E-state index contributed by atoms with van der Waals surface area (Å²) in [5.74, 6) is 3.04. The summed E-state index contributed by atoms with van der Waals surface area (Å²) < 4.78 is 7.74. The van der Waals surface area contributed by atoms with Crippen molar-refractivity contribution >= 4 is 41.7 Å². The van der Waals surface area contributed by atoms with E-state index in [2.05, 4.69) is 55.7 Å². The molecule has 0 radical (unpaired) electrons. The van der Waals surface area contributed by atoms with E-state index in [-0.39, 0.29) is 24.0 Å². The van der Waals surface area contributed by atoms with Crippen LogP contribution in [0.25, 0.3) is 0 Å². The highest BCUT2D eigenvalue weighted by molar-refractivity contribution is 14.0. The second-order valence-electron chi connectivity index (χ2n) is 7.74. The zero-order valence-corrected chi connectivity index (χ0v) is 21.5. The van der Waals surface area contributed by atoms with Gasteiger partial charge in [0.25, 0.3) is 0 Å². The average molecular weight is 548 g/mol. The normalized spacial score (nSPS) is 14.9. The molecule has 2 N–H and O–H groups in total. The summed E-state index contributed by atoms with van der Waals surface area (Å²) in [5, 5.41) is 20.6. The second-order valence-corrected chi connectivity index (χ2v) is 8.51. The molecule has 0 bridgehead atoms. The van der Waals surface area contributed by atoms with Crippen LogP contribution in [-0.4, -0.2) is 45.7 Å². The van der Waals surface area contributed by atoms with Crippen molar-refractivity contribution in [1.29, 1.82) is 0 Å². The van der Waals surface area contributed by atoms with E-state index in [0.29, 0.717) is 18.5 Å². The lowest BCUT2D eigenvalue weighted by atomic mass is 10.1. The minimum Gasteiger partial charge on any atom is -0.359 e. The number of hydrogen-bond acceptors (Lipinski definition) is 6. The summed E-state index contributed by atoms with van der Waals surface area (Å²) >= 11 is 1.69. The van der Waals surface area contributed by atoms with Gasteiger partial charge in [-0.1, -0.05) is 43.6 Å². The van der Waals surface area contributed by atoms with E-state index in [1.165, 1.54) is 25.7 Å². The van der Waals surface area contributed by atoms with Crippen LogP contribution in [-0.2, 0) is 13.0 Å². The third-order valence-electron chi connectivity index (χ3n) is 5.30. The lowest BCUT2D eigenvalue weighted by Gasteiger charge is -2.16. The predicted octanol–water partition coefficient (Wildman–Crippen LogP) is 4.14. The van der Waals surface area contributed by atoms with Crippen molar-refractivity contribution in [3.05, 3.63) is 23.3 Å². The van der Waals surface area contributed by atoms with Crippen molar-refractivity contribution in [2.75, 3.05) is 19.8 Å². The fraction of sp³-hybridized carbons (Fsp3) is 0.700. The van der Waals surface area contributed by atoms with Crippen LogP contribution in [0.2, 0.25) is 0 Å². The number of nitrogens with one attached hydrogen (secondary N) is 2. The topological polar surface area (TPSA) is 93.2 Å². The highest BCUT2D eigenvalue weighted by Gasteiger charge is 2.23. The first-order chi connectivity index (χ1) is 14.1. The van der Waals surface area contributed by atoms with Gasteiger partial charge in [-0.25, -0.2) is 0 Å². The Balaban J connectivity index is 0.00000320. The molecule has 1 fully saturated rings. The monoisotopic (exact) mass is 547 g/mol. The molecular weight excluding hydrogens is 513 g/mol. The molecule has 0 unspecified atom stereocenters. The highest BCUT2D eigenvalue weighted by atomic mass is 127. The molecule has 1 aliphatic rings. The maximum atomic E-state index is 5.36. The Morgan fingerprint density at radius 2 is 2.07 bits per heavy atom. The molecule has 0 aromatic carbocycles. The van der Waals surface area contributed by atoms with E-state index >= 15 is 0 Å². The van der Waals surface area contributed by atoms with E-state index in [1.807, 2.05) is 6.07 Å². The molecule has 0 aliphatic heterocycles. The summed E-state index contributed by atoms with van der Waals surface area (Å²) in [7, 11) is 1.77. The predicted molar refractivity (Wildman–Crippen MR) is 132 cm³/mol. The van der Waals surface area contributed by atoms with Crippen molar-refractivity contribution < 1.29 is 4.52 Å². The van der Waals surface area contributed by atoms with Gasteiger partial charge in [-0.3, -0.25) is 4.99 Å². The highest BCUT2D eigenvalue weighted by Crippen LogP contribution is 2.33. The minimum atomic E-state index is 0. The van der Waals surface area contributed by atoms with Gasteiger partial charge >= 0.3 is 0 Å². The molecule has 2 heterocycles. The standard InChI is InChI=1S/C20H33N7OS.HI/c1-14(2)17-12-16(28-26-17)13-23-19(21-3)22-11-7-10-18-24-25-20(29-4)27(18)15-8-5-6-9-15;/h12,14-15H,5-11,13H2,1-4H3,(H2,21,22,23);1H. The van der Waals surface area contributed by atoms with Gasteiger partial charge in [0.05, 0.1) is 12.2 Å². The first kappa shape index (κ1) is 25.0. The van der Waals surface area contributed by atoms with Gasteiger partial charge in [0.1, 0.15) is 5.82 Å². The fourth-order valence-corrected chi connectivity index (χ4v) is 4.25. The maximum Gasteiger partial charge on any atom is 0.191 e. The zero-order valence-electron chi connectivity index (χ0n) is 18.3. The number of nitrogens with zero attached hydrogens (tertiary/aromatic N) is 5. The van der Waals surface area contributed by atoms with Crippen molar-refractivity contribution in [2.45, 2.75) is 76.0 Å². The summed E-state index contributed by atoms with van der Waals surface area (Å²) in [6.45, 7) is 5.59. The third-order valence-corrected chi connectivity index (χ3v) is 5.94. The lowest BCUT2D eigenvalue weighted by Crippen LogP contribution is -2.37. The molecule has 0 atom stereocenters. The van der Waals surface area contributed by atoms with Crippen LogP contribution in [0.1, 0.15) is 75.2 Å². The third kappa shape index (κ3) is 6.60. The van der Waals surface area contributed by atoms with Gasteiger partial charge in [-0.2, -0.15) is 0 Å². The molecule has 3 rings (SSSR count). The molecule has 2 aromatic rings. The lowest BCUT2D eigenvalue weighted by molar-refractivity contribution is 0.372. The number of aliphatic imine (C=N–C) groups is 1. The number of rotatable bonds is 9. The van der Waals surface area contributed by atoms with Crippen LogP contribution in [0.3, 0.4) is 0 Å². The van der Waals surface area contributed by atoms with Crippen LogP contribution in [0.4, 0.5) is 0 Å². The van der Waals surface area contributed by atoms with Crippen LogP contribution in [0.15, 0.2) is 20.7 Å². The first-order valence-corrected chi connectivity index (χ1v) is 11.7. The van der Waals surface area contributed by atoms with E-state index in [0.717, 1.165) is 47.8 Å². The molecule has 0 saturated heterocycles. The molecule has 1 aliphatic carbocycles. The van der Waals surface area contributed by atoms with Gasteiger partial charge in [0.15, 0.2) is 16.9 Å². The van der Waals surface area contributed by atoms with E-state index in [4.69, 9.17) is 4.52 Å². The molecular formula is C20H34IN7OS. The Labute approximate surface area is 200 Å². The second kappa shape index (κ2) is 12.5.